The van der Waals surface area contributed by atoms with Crippen molar-refractivity contribution in [3.8, 4) is 28.4 Å². The van der Waals surface area contributed by atoms with Gasteiger partial charge >= 0.3 is 0 Å². The lowest BCUT2D eigenvalue weighted by Gasteiger charge is -2.07. The van der Waals surface area contributed by atoms with Gasteiger partial charge in [-0.3, -0.25) is 4.79 Å². The van der Waals surface area contributed by atoms with Crippen molar-refractivity contribution >= 4 is 22.7 Å². The van der Waals surface area contributed by atoms with Crippen LogP contribution in [-0.2, 0) is 0 Å². The number of phenolic OH excluding ortho intramolecular Hbond substituents is 3. The van der Waals surface area contributed by atoms with Crippen molar-refractivity contribution in [3.63, 3.8) is 0 Å². The van der Waals surface area contributed by atoms with Gasteiger partial charge in [-0.2, -0.15) is 0 Å². The van der Waals surface area contributed by atoms with Gasteiger partial charge in [0.05, 0.1) is 5.56 Å². The Morgan fingerprint density at radius 2 is 1.45 bits per heavy atom. The minimum atomic E-state index is -0.0161. The highest BCUT2D eigenvalue weighted by molar-refractivity contribution is 6.02. The summed E-state index contributed by atoms with van der Waals surface area (Å²) >= 11 is 0. The van der Waals surface area contributed by atoms with E-state index in [0.29, 0.717) is 23.0 Å². The molecule has 4 N–H and O–H groups in total. The molecule has 0 amide bonds. The molecule has 0 fully saturated rings. The summed E-state index contributed by atoms with van der Waals surface area (Å²) in [5.41, 5.74) is 3.06. The molecule has 0 aromatic heterocycles. The van der Waals surface area contributed by atoms with Crippen LogP contribution in [0.25, 0.3) is 21.9 Å². The van der Waals surface area contributed by atoms with Crippen LogP contribution < -0.4 is 5.32 Å². The predicted molar refractivity (Wildman–Crippen MR) is 116 cm³/mol. The monoisotopic (exact) mass is 387 g/mol. The largest absolute Gasteiger partial charge is 0.508 e. The molecule has 4 rings (SSSR count). The Morgan fingerprint density at radius 3 is 2.07 bits per heavy atom. The molecule has 0 spiro atoms. The Hall–Kier alpha value is -3.99. The molecular formula is C24H21NO4. The zero-order valence-corrected chi connectivity index (χ0v) is 15.8. The lowest BCUT2D eigenvalue weighted by atomic mass is 9.98. The zero-order chi connectivity index (χ0) is 20.8. The van der Waals surface area contributed by atoms with Gasteiger partial charge in [0.25, 0.3) is 0 Å². The van der Waals surface area contributed by atoms with Crippen molar-refractivity contribution < 1.29 is 20.1 Å². The first-order chi connectivity index (χ1) is 14.0. The maximum atomic E-state index is 11.0. The first-order valence-electron chi connectivity index (χ1n) is 8.99. The first-order valence-corrected chi connectivity index (χ1v) is 8.99. The fourth-order valence-corrected chi connectivity index (χ4v) is 2.99. The Kier molecular flexibility index (Phi) is 6.00. The molecule has 29 heavy (non-hydrogen) atoms. The summed E-state index contributed by atoms with van der Waals surface area (Å²) in [6.07, 6.45) is 0.658. The third kappa shape index (κ3) is 4.65. The molecule has 5 heteroatoms. The predicted octanol–water partition coefficient (Wildman–Crippen LogP) is 5.16. The lowest BCUT2D eigenvalue weighted by molar-refractivity contribution is 0.112. The SMILES string of the molecule is CNc1cccc(O)c1.O=Cc1c(O)ccc2cc(-c3cccc(O)c3)ccc12. The van der Waals surface area contributed by atoms with E-state index in [-0.39, 0.29) is 11.5 Å². The third-order valence-electron chi connectivity index (χ3n) is 4.47. The van der Waals surface area contributed by atoms with Crippen LogP contribution in [-0.4, -0.2) is 28.7 Å². The van der Waals surface area contributed by atoms with Crippen LogP contribution in [0.4, 0.5) is 5.69 Å². The fraction of sp³-hybridized carbons (Fsp3) is 0.0417. The van der Waals surface area contributed by atoms with Gasteiger partial charge in [-0.25, -0.2) is 0 Å². The van der Waals surface area contributed by atoms with Crippen LogP contribution in [0.5, 0.6) is 17.2 Å². The van der Waals surface area contributed by atoms with Crippen molar-refractivity contribution in [2.45, 2.75) is 0 Å². The second-order valence-electron chi connectivity index (χ2n) is 6.40. The highest BCUT2D eigenvalue weighted by Crippen LogP contribution is 2.30. The molecule has 0 saturated carbocycles. The number of nitrogens with one attached hydrogen (secondary N) is 1. The molecule has 0 bridgehead atoms. The highest BCUT2D eigenvalue weighted by Gasteiger charge is 2.07. The number of aldehydes is 1. The van der Waals surface area contributed by atoms with Gasteiger partial charge < -0.3 is 20.6 Å². The summed E-state index contributed by atoms with van der Waals surface area (Å²) in [5, 5.41) is 32.6. The standard InChI is InChI=1S/C17H12O3.C7H9NO/c18-10-16-15-6-4-12(8-13(15)5-7-17(16)20)11-2-1-3-14(19)9-11;1-8-6-3-2-4-7(9)5-6/h1-10,19-20H;2-5,8-9H,1H3. The van der Waals surface area contributed by atoms with Gasteiger partial charge in [-0.05, 0) is 58.3 Å². The van der Waals surface area contributed by atoms with E-state index in [0.717, 1.165) is 22.2 Å². The second kappa shape index (κ2) is 8.80. The molecule has 0 aliphatic rings. The minimum Gasteiger partial charge on any atom is -0.508 e. The van der Waals surface area contributed by atoms with Crippen LogP contribution in [0, 0.1) is 0 Å². The van der Waals surface area contributed by atoms with E-state index in [1.165, 1.54) is 6.07 Å². The van der Waals surface area contributed by atoms with Crippen molar-refractivity contribution in [2.75, 3.05) is 12.4 Å². The Labute approximate surface area is 168 Å². The first kappa shape index (κ1) is 19.8. The number of benzene rings is 4. The van der Waals surface area contributed by atoms with E-state index in [2.05, 4.69) is 5.32 Å². The van der Waals surface area contributed by atoms with Gasteiger partial charge in [0, 0.05) is 18.8 Å². The number of hydrogen-bond acceptors (Lipinski definition) is 5. The maximum Gasteiger partial charge on any atom is 0.154 e. The van der Waals surface area contributed by atoms with E-state index < -0.39 is 0 Å². The van der Waals surface area contributed by atoms with Crippen molar-refractivity contribution in [3.05, 3.63) is 84.4 Å². The normalized spacial score (nSPS) is 10.1. The minimum absolute atomic E-state index is 0.0161. The van der Waals surface area contributed by atoms with Gasteiger partial charge in [-0.15, -0.1) is 0 Å². The molecule has 146 valence electrons. The van der Waals surface area contributed by atoms with Crippen molar-refractivity contribution in [2.24, 2.45) is 0 Å². The summed E-state index contributed by atoms with van der Waals surface area (Å²) in [5.74, 6) is 0.487. The number of carbonyl (C=O) groups is 1. The highest BCUT2D eigenvalue weighted by atomic mass is 16.3. The average Bonchev–Trinajstić information content (AvgIpc) is 2.74. The molecule has 4 aromatic carbocycles. The number of hydrogen-bond donors (Lipinski definition) is 4. The van der Waals surface area contributed by atoms with E-state index in [4.69, 9.17) is 5.11 Å². The van der Waals surface area contributed by atoms with Gasteiger partial charge in [0.1, 0.15) is 17.2 Å². The molecule has 0 heterocycles. The summed E-state index contributed by atoms with van der Waals surface area (Å²) in [4.78, 5) is 11.0. The summed E-state index contributed by atoms with van der Waals surface area (Å²) in [7, 11) is 1.81. The summed E-state index contributed by atoms with van der Waals surface area (Å²) < 4.78 is 0. The molecule has 0 unspecified atom stereocenters. The number of rotatable bonds is 3. The lowest BCUT2D eigenvalue weighted by Crippen LogP contribution is -1.86. The van der Waals surface area contributed by atoms with Crippen molar-refractivity contribution in [1.82, 2.24) is 0 Å². The average molecular weight is 387 g/mol. The Balaban J connectivity index is 0.000000224. The quantitative estimate of drug-likeness (QED) is 0.364. The molecular weight excluding hydrogens is 366 g/mol. The molecule has 0 saturated heterocycles. The molecule has 5 nitrogen and oxygen atoms in total. The van der Waals surface area contributed by atoms with E-state index >= 15 is 0 Å². The molecule has 0 radical (unpaired) electrons. The van der Waals surface area contributed by atoms with Crippen LogP contribution in [0.3, 0.4) is 0 Å². The Bertz CT molecular complexity index is 1150. The number of aromatic hydroxyl groups is 3. The molecule has 0 aliphatic carbocycles. The van der Waals surface area contributed by atoms with Crippen LogP contribution in [0.1, 0.15) is 10.4 Å². The summed E-state index contributed by atoms with van der Waals surface area (Å²) in [6, 6.07) is 22.8. The molecule has 4 aromatic rings. The number of fused-ring (bicyclic) bond motifs is 1. The maximum absolute atomic E-state index is 11.0. The fourth-order valence-electron chi connectivity index (χ4n) is 2.99. The number of anilines is 1. The number of phenols is 3. The molecule has 0 aliphatic heterocycles. The van der Waals surface area contributed by atoms with Gasteiger partial charge in [0.15, 0.2) is 6.29 Å². The third-order valence-corrected chi connectivity index (χ3v) is 4.47. The number of carbonyl (C=O) groups excluding carboxylic acids is 1. The second-order valence-corrected chi connectivity index (χ2v) is 6.40. The van der Waals surface area contributed by atoms with E-state index in [1.54, 1.807) is 48.5 Å². The van der Waals surface area contributed by atoms with Crippen LogP contribution >= 0.6 is 0 Å². The Morgan fingerprint density at radius 1 is 0.759 bits per heavy atom. The van der Waals surface area contributed by atoms with Crippen molar-refractivity contribution in [1.29, 1.82) is 0 Å². The van der Waals surface area contributed by atoms with Crippen LogP contribution in [0.2, 0.25) is 0 Å². The molecule has 0 atom stereocenters. The van der Waals surface area contributed by atoms with Crippen LogP contribution in [0.15, 0.2) is 78.9 Å². The smallest absolute Gasteiger partial charge is 0.154 e. The van der Waals surface area contributed by atoms with Gasteiger partial charge in [-0.1, -0.05) is 36.4 Å². The van der Waals surface area contributed by atoms with Gasteiger partial charge in [0.2, 0.25) is 0 Å². The summed E-state index contributed by atoms with van der Waals surface area (Å²) in [6.45, 7) is 0. The zero-order valence-electron chi connectivity index (χ0n) is 15.8. The topological polar surface area (TPSA) is 89.8 Å². The van der Waals surface area contributed by atoms with E-state index in [1.807, 2.05) is 31.3 Å². The van der Waals surface area contributed by atoms with E-state index in [9.17, 15) is 15.0 Å².